The zero-order valence-corrected chi connectivity index (χ0v) is 7.16. The SMILES string of the molecule is CC[C@H](C)[C@H](N)C(=O)OOC. The number of carbonyl (C=O) groups excluding carboxylic acids is 1. The Morgan fingerprint density at radius 2 is 2.18 bits per heavy atom. The van der Waals surface area contributed by atoms with Gasteiger partial charge in [-0.2, -0.15) is 4.89 Å². The van der Waals surface area contributed by atoms with Gasteiger partial charge in [-0.05, 0) is 5.92 Å². The second kappa shape index (κ2) is 5.09. The van der Waals surface area contributed by atoms with Crippen molar-refractivity contribution >= 4 is 5.97 Å². The molecule has 0 heterocycles. The van der Waals surface area contributed by atoms with Crippen LogP contribution in [-0.4, -0.2) is 19.1 Å². The predicted octanol–water partition coefficient (Wildman–Crippen LogP) is 0.464. The molecule has 0 unspecified atom stereocenters. The first-order valence-corrected chi connectivity index (χ1v) is 3.63. The Labute approximate surface area is 66.6 Å². The first-order chi connectivity index (χ1) is 5.13. The summed E-state index contributed by atoms with van der Waals surface area (Å²) in [5, 5.41) is 0. The highest BCUT2D eigenvalue weighted by Gasteiger charge is 2.21. The molecule has 0 rings (SSSR count). The number of carbonyl (C=O) groups is 1. The Kier molecular flexibility index (Phi) is 4.81. The summed E-state index contributed by atoms with van der Waals surface area (Å²) in [4.78, 5) is 19.3. The van der Waals surface area contributed by atoms with E-state index in [9.17, 15) is 4.79 Å². The molecule has 0 saturated heterocycles. The largest absolute Gasteiger partial charge is 0.359 e. The van der Waals surface area contributed by atoms with Crippen LogP contribution in [-0.2, 0) is 14.6 Å². The van der Waals surface area contributed by atoms with Crippen molar-refractivity contribution in [1.29, 1.82) is 0 Å². The number of hydrogen-bond donors (Lipinski definition) is 1. The average Bonchev–Trinajstić information content (AvgIpc) is 2.02. The third-order valence-electron chi connectivity index (χ3n) is 1.69. The molecule has 0 bridgehead atoms. The number of hydrogen-bond acceptors (Lipinski definition) is 4. The summed E-state index contributed by atoms with van der Waals surface area (Å²) in [7, 11) is 1.28. The fourth-order valence-corrected chi connectivity index (χ4v) is 0.624. The molecule has 0 aromatic rings. The van der Waals surface area contributed by atoms with Crippen LogP contribution in [0.25, 0.3) is 0 Å². The predicted molar refractivity (Wildman–Crippen MR) is 40.5 cm³/mol. The van der Waals surface area contributed by atoms with E-state index in [2.05, 4.69) is 9.78 Å². The highest BCUT2D eigenvalue weighted by Crippen LogP contribution is 2.06. The van der Waals surface area contributed by atoms with Crippen LogP contribution in [0.2, 0.25) is 0 Å². The Morgan fingerprint density at radius 3 is 2.55 bits per heavy atom. The second-order valence-electron chi connectivity index (χ2n) is 2.48. The lowest BCUT2D eigenvalue weighted by atomic mass is 10.0. The highest BCUT2D eigenvalue weighted by atomic mass is 17.2. The van der Waals surface area contributed by atoms with Crippen LogP contribution < -0.4 is 5.73 Å². The lowest BCUT2D eigenvalue weighted by Gasteiger charge is -2.14. The van der Waals surface area contributed by atoms with Crippen molar-refractivity contribution in [3.63, 3.8) is 0 Å². The third kappa shape index (κ3) is 3.34. The molecule has 0 aromatic carbocycles. The van der Waals surface area contributed by atoms with Gasteiger partial charge < -0.3 is 5.73 Å². The van der Waals surface area contributed by atoms with Gasteiger partial charge in [-0.15, -0.1) is 0 Å². The fraction of sp³-hybridized carbons (Fsp3) is 0.857. The summed E-state index contributed by atoms with van der Waals surface area (Å²) >= 11 is 0. The maximum absolute atomic E-state index is 10.9. The second-order valence-corrected chi connectivity index (χ2v) is 2.48. The van der Waals surface area contributed by atoms with Gasteiger partial charge in [0.05, 0.1) is 7.11 Å². The van der Waals surface area contributed by atoms with E-state index in [1.807, 2.05) is 13.8 Å². The summed E-state index contributed by atoms with van der Waals surface area (Å²) < 4.78 is 0. The van der Waals surface area contributed by atoms with Crippen LogP contribution in [0.1, 0.15) is 20.3 Å². The summed E-state index contributed by atoms with van der Waals surface area (Å²) in [5.41, 5.74) is 5.50. The van der Waals surface area contributed by atoms with E-state index >= 15 is 0 Å². The van der Waals surface area contributed by atoms with Gasteiger partial charge in [-0.25, -0.2) is 4.79 Å². The number of nitrogens with two attached hydrogens (primary N) is 1. The third-order valence-corrected chi connectivity index (χ3v) is 1.69. The standard InChI is InChI=1S/C7H15NO3/c1-4-5(2)6(8)7(9)11-10-3/h5-6H,4,8H2,1-3H3/t5-,6-/m0/s1. The smallest absolute Gasteiger partial charge is 0.318 e. The van der Waals surface area contributed by atoms with E-state index in [0.717, 1.165) is 6.42 Å². The van der Waals surface area contributed by atoms with E-state index < -0.39 is 12.0 Å². The Hall–Kier alpha value is -0.610. The summed E-state index contributed by atoms with van der Waals surface area (Å²) in [5.74, 6) is -0.389. The normalized spacial score (nSPS) is 15.6. The molecule has 0 amide bonds. The van der Waals surface area contributed by atoms with Gasteiger partial charge >= 0.3 is 5.97 Å². The van der Waals surface area contributed by atoms with Gasteiger partial charge in [0, 0.05) is 0 Å². The quantitative estimate of drug-likeness (QED) is 0.480. The average molecular weight is 161 g/mol. The molecule has 0 spiro atoms. The minimum absolute atomic E-state index is 0.123. The minimum Gasteiger partial charge on any atom is -0.318 e. The Morgan fingerprint density at radius 1 is 1.64 bits per heavy atom. The summed E-state index contributed by atoms with van der Waals surface area (Å²) in [6.07, 6.45) is 0.847. The molecule has 4 nitrogen and oxygen atoms in total. The molecular formula is C7H15NO3. The molecule has 0 aliphatic rings. The van der Waals surface area contributed by atoms with Crippen molar-refractivity contribution in [2.45, 2.75) is 26.3 Å². The summed E-state index contributed by atoms with van der Waals surface area (Å²) in [6, 6.07) is -0.583. The van der Waals surface area contributed by atoms with E-state index in [4.69, 9.17) is 5.73 Å². The van der Waals surface area contributed by atoms with Gasteiger partial charge in [0.2, 0.25) is 0 Å². The van der Waals surface area contributed by atoms with Crippen molar-refractivity contribution < 1.29 is 14.6 Å². The van der Waals surface area contributed by atoms with Crippen molar-refractivity contribution in [2.75, 3.05) is 7.11 Å². The molecule has 2 atom stereocenters. The van der Waals surface area contributed by atoms with Crippen LogP contribution in [0.3, 0.4) is 0 Å². The van der Waals surface area contributed by atoms with E-state index in [1.54, 1.807) is 0 Å². The zero-order chi connectivity index (χ0) is 8.85. The van der Waals surface area contributed by atoms with E-state index in [0.29, 0.717) is 0 Å². The topological polar surface area (TPSA) is 61.6 Å². The van der Waals surface area contributed by atoms with Crippen LogP contribution in [0, 0.1) is 5.92 Å². The Balaban J connectivity index is 3.80. The van der Waals surface area contributed by atoms with Gasteiger partial charge in [-0.3, -0.25) is 4.89 Å². The Bertz CT molecular complexity index is 127. The molecule has 66 valence electrons. The number of rotatable bonds is 4. The molecule has 0 fully saturated rings. The maximum Gasteiger partial charge on any atom is 0.359 e. The van der Waals surface area contributed by atoms with Crippen LogP contribution in [0.15, 0.2) is 0 Å². The van der Waals surface area contributed by atoms with Crippen LogP contribution in [0.5, 0.6) is 0 Å². The lowest BCUT2D eigenvalue weighted by molar-refractivity contribution is -0.257. The van der Waals surface area contributed by atoms with Gasteiger partial charge in [0.25, 0.3) is 0 Å². The van der Waals surface area contributed by atoms with E-state index in [-0.39, 0.29) is 5.92 Å². The van der Waals surface area contributed by atoms with Crippen LogP contribution >= 0.6 is 0 Å². The van der Waals surface area contributed by atoms with Crippen molar-refractivity contribution in [1.82, 2.24) is 0 Å². The maximum atomic E-state index is 10.9. The lowest BCUT2D eigenvalue weighted by Crippen LogP contribution is -2.37. The highest BCUT2D eigenvalue weighted by molar-refractivity contribution is 5.75. The molecular weight excluding hydrogens is 146 g/mol. The molecule has 0 aliphatic carbocycles. The van der Waals surface area contributed by atoms with Crippen molar-refractivity contribution in [2.24, 2.45) is 11.7 Å². The molecule has 2 N–H and O–H groups in total. The molecule has 0 aliphatic heterocycles. The minimum atomic E-state index is -0.583. The molecule has 0 radical (unpaired) electrons. The first-order valence-electron chi connectivity index (χ1n) is 3.63. The first kappa shape index (κ1) is 10.4. The van der Waals surface area contributed by atoms with Crippen LogP contribution in [0.4, 0.5) is 0 Å². The van der Waals surface area contributed by atoms with Gasteiger partial charge in [0.1, 0.15) is 6.04 Å². The van der Waals surface area contributed by atoms with Gasteiger partial charge in [0.15, 0.2) is 0 Å². The molecule has 11 heavy (non-hydrogen) atoms. The summed E-state index contributed by atoms with van der Waals surface area (Å²) in [6.45, 7) is 3.85. The molecule has 0 aromatic heterocycles. The zero-order valence-electron chi connectivity index (χ0n) is 7.16. The molecule has 4 heteroatoms. The fourth-order valence-electron chi connectivity index (χ4n) is 0.624. The van der Waals surface area contributed by atoms with E-state index in [1.165, 1.54) is 7.11 Å². The van der Waals surface area contributed by atoms with Gasteiger partial charge in [-0.1, -0.05) is 20.3 Å². The monoisotopic (exact) mass is 161 g/mol. The van der Waals surface area contributed by atoms with Crippen molar-refractivity contribution in [3.8, 4) is 0 Å². The molecule has 0 saturated carbocycles. The van der Waals surface area contributed by atoms with Crippen molar-refractivity contribution in [3.05, 3.63) is 0 Å².